The summed E-state index contributed by atoms with van der Waals surface area (Å²) in [5.74, 6) is 0. The summed E-state index contributed by atoms with van der Waals surface area (Å²) in [5.41, 5.74) is 3.69. The van der Waals surface area contributed by atoms with E-state index in [0.29, 0.717) is 6.54 Å². The van der Waals surface area contributed by atoms with E-state index in [1.807, 2.05) is 0 Å². The zero-order chi connectivity index (χ0) is 15.6. The predicted molar refractivity (Wildman–Crippen MR) is 86.0 cm³/mol. The Labute approximate surface area is 134 Å². The highest BCUT2D eigenvalue weighted by molar-refractivity contribution is 9.08. The number of nitrogens with one attached hydrogen (secondary N) is 1. The van der Waals surface area contributed by atoms with Crippen LogP contribution >= 0.6 is 15.9 Å². The minimum Gasteiger partial charge on any atom is -0.465 e. The number of aromatic nitrogens is 2. The largest absolute Gasteiger partial charge is 0.465 e. The van der Waals surface area contributed by atoms with E-state index < -0.39 is 6.09 Å². The number of fused-ring (bicyclic) bond motifs is 1. The van der Waals surface area contributed by atoms with Crippen molar-refractivity contribution in [3.63, 3.8) is 0 Å². The number of alkyl halides is 1. The molecule has 1 atom stereocenters. The van der Waals surface area contributed by atoms with Crippen LogP contribution in [0.25, 0.3) is 0 Å². The molecule has 1 aliphatic rings. The Bertz CT molecular complexity index is 520. The van der Waals surface area contributed by atoms with E-state index in [1.165, 1.54) is 29.8 Å². The van der Waals surface area contributed by atoms with Gasteiger partial charge in [0.05, 0.1) is 17.4 Å². The van der Waals surface area contributed by atoms with Crippen molar-refractivity contribution in [2.45, 2.75) is 57.8 Å². The summed E-state index contributed by atoms with van der Waals surface area (Å²) < 4.78 is 2.06. The number of carbonyl (C=O) groups is 1. The van der Waals surface area contributed by atoms with Crippen molar-refractivity contribution < 1.29 is 9.90 Å². The lowest BCUT2D eigenvalue weighted by Gasteiger charge is -2.32. The van der Waals surface area contributed by atoms with E-state index in [-0.39, 0.29) is 11.5 Å². The maximum Gasteiger partial charge on any atom is 0.404 e. The Morgan fingerprint density at radius 2 is 2.10 bits per heavy atom. The molecule has 2 N–H and O–H groups in total. The normalized spacial score (nSPS) is 16.4. The Kier molecular flexibility index (Phi) is 4.96. The van der Waals surface area contributed by atoms with Crippen LogP contribution in [-0.4, -0.2) is 27.5 Å². The van der Waals surface area contributed by atoms with Gasteiger partial charge in [-0.3, -0.25) is 4.68 Å². The van der Waals surface area contributed by atoms with Gasteiger partial charge in [-0.05, 0) is 36.7 Å². The highest BCUT2D eigenvalue weighted by Crippen LogP contribution is 2.34. The molecule has 1 aliphatic carbocycles. The number of nitrogens with zero attached hydrogens (tertiary/aromatic N) is 2. The molecule has 0 bridgehead atoms. The van der Waals surface area contributed by atoms with Gasteiger partial charge in [0.25, 0.3) is 0 Å². The number of aryl methyl sites for hydroxylation is 1. The van der Waals surface area contributed by atoms with Crippen molar-refractivity contribution in [2.75, 3.05) is 6.54 Å². The molecule has 2 rings (SSSR count). The molecule has 0 fully saturated rings. The second-order valence-electron chi connectivity index (χ2n) is 6.73. The fraction of sp³-hybridized carbons (Fsp3) is 0.733. The average molecular weight is 358 g/mol. The van der Waals surface area contributed by atoms with Crippen molar-refractivity contribution in [1.29, 1.82) is 0 Å². The molecule has 1 unspecified atom stereocenters. The van der Waals surface area contributed by atoms with Crippen LogP contribution in [0.15, 0.2) is 0 Å². The maximum atomic E-state index is 10.9. The molecule has 1 aromatic rings. The second kappa shape index (κ2) is 6.38. The van der Waals surface area contributed by atoms with Gasteiger partial charge in [-0.2, -0.15) is 5.10 Å². The molecule has 1 heterocycles. The molecule has 0 aromatic carbocycles. The predicted octanol–water partition coefficient (Wildman–Crippen LogP) is 3.51. The molecule has 1 aromatic heterocycles. The Morgan fingerprint density at radius 3 is 2.67 bits per heavy atom. The molecule has 5 nitrogen and oxygen atoms in total. The van der Waals surface area contributed by atoms with Crippen molar-refractivity contribution in [3.05, 3.63) is 17.0 Å². The average Bonchev–Trinajstić information content (AvgIpc) is 2.74. The molecule has 1 amide bonds. The molecular formula is C15H24BrN3O2. The summed E-state index contributed by atoms with van der Waals surface area (Å²) in [4.78, 5) is 10.9. The van der Waals surface area contributed by atoms with E-state index in [9.17, 15) is 4.79 Å². The van der Waals surface area contributed by atoms with Gasteiger partial charge in [0.1, 0.15) is 0 Å². The zero-order valence-electron chi connectivity index (χ0n) is 12.9. The van der Waals surface area contributed by atoms with E-state index >= 15 is 0 Å². The summed E-state index contributed by atoms with van der Waals surface area (Å²) in [6.45, 7) is 6.75. The van der Waals surface area contributed by atoms with Crippen molar-refractivity contribution in [2.24, 2.45) is 5.41 Å². The fourth-order valence-corrected chi connectivity index (χ4v) is 3.58. The van der Waals surface area contributed by atoms with Crippen molar-refractivity contribution >= 4 is 22.0 Å². The van der Waals surface area contributed by atoms with Crippen LogP contribution in [-0.2, 0) is 18.2 Å². The molecule has 0 saturated carbocycles. The quantitative estimate of drug-likeness (QED) is 0.810. The third kappa shape index (κ3) is 3.59. The van der Waals surface area contributed by atoms with E-state index in [2.05, 4.69) is 46.7 Å². The standard InChI is InChI=1S/C15H24BrN3O2/c1-15(2,3)13(9-17-14(20)21)19-12(8-16)10-6-4-5-7-11(10)18-19/h13,17H,4-9H2,1-3H3,(H,20,21). The number of hydrogen-bond acceptors (Lipinski definition) is 2. The lowest BCUT2D eigenvalue weighted by molar-refractivity contribution is 0.178. The molecule has 0 aliphatic heterocycles. The van der Waals surface area contributed by atoms with E-state index in [1.54, 1.807) is 0 Å². The third-order valence-corrected chi connectivity index (χ3v) is 4.69. The minimum atomic E-state index is -0.985. The number of rotatable bonds is 4. The van der Waals surface area contributed by atoms with Crippen LogP contribution in [0.5, 0.6) is 0 Å². The highest BCUT2D eigenvalue weighted by atomic mass is 79.9. The van der Waals surface area contributed by atoms with Crippen LogP contribution in [0.1, 0.15) is 56.6 Å². The summed E-state index contributed by atoms with van der Waals surface area (Å²) in [5, 5.41) is 17.0. The first kappa shape index (κ1) is 16.3. The van der Waals surface area contributed by atoms with E-state index in [4.69, 9.17) is 10.2 Å². The Morgan fingerprint density at radius 1 is 1.43 bits per heavy atom. The van der Waals surface area contributed by atoms with Crippen LogP contribution in [0.4, 0.5) is 4.79 Å². The first-order chi connectivity index (χ1) is 9.84. The molecule has 0 saturated heterocycles. The van der Waals surface area contributed by atoms with Gasteiger partial charge in [0.2, 0.25) is 0 Å². The minimum absolute atomic E-state index is 0.00625. The smallest absolute Gasteiger partial charge is 0.404 e. The first-order valence-electron chi connectivity index (χ1n) is 7.46. The molecule has 21 heavy (non-hydrogen) atoms. The molecular weight excluding hydrogens is 334 g/mol. The van der Waals surface area contributed by atoms with E-state index in [0.717, 1.165) is 18.2 Å². The third-order valence-electron chi connectivity index (χ3n) is 4.16. The highest BCUT2D eigenvalue weighted by Gasteiger charge is 2.31. The molecule has 6 heteroatoms. The van der Waals surface area contributed by atoms with Gasteiger partial charge in [0, 0.05) is 11.9 Å². The van der Waals surface area contributed by atoms with Gasteiger partial charge in [-0.1, -0.05) is 36.7 Å². The summed E-state index contributed by atoms with van der Waals surface area (Å²) >= 11 is 3.58. The van der Waals surface area contributed by atoms with Gasteiger partial charge >= 0.3 is 6.09 Å². The number of hydrogen-bond donors (Lipinski definition) is 2. The fourth-order valence-electron chi connectivity index (χ4n) is 2.98. The maximum absolute atomic E-state index is 10.9. The van der Waals surface area contributed by atoms with Gasteiger partial charge in [0.15, 0.2) is 0 Å². The van der Waals surface area contributed by atoms with Crippen molar-refractivity contribution in [3.8, 4) is 0 Å². The number of halogens is 1. The summed E-state index contributed by atoms with van der Waals surface area (Å²) in [6.07, 6.45) is 3.54. The van der Waals surface area contributed by atoms with Crippen LogP contribution in [0.3, 0.4) is 0 Å². The Hall–Kier alpha value is -1.04. The number of amides is 1. The topological polar surface area (TPSA) is 67.2 Å². The zero-order valence-corrected chi connectivity index (χ0v) is 14.5. The summed E-state index contributed by atoms with van der Waals surface area (Å²) in [7, 11) is 0. The monoisotopic (exact) mass is 357 g/mol. The molecule has 118 valence electrons. The lowest BCUT2D eigenvalue weighted by Crippen LogP contribution is -2.37. The van der Waals surface area contributed by atoms with Gasteiger partial charge in [-0.15, -0.1) is 0 Å². The Balaban J connectivity index is 2.39. The molecule has 0 radical (unpaired) electrons. The van der Waals surface area contributed by atoms with Crippen molar-refractivity contribution in [1.82, 2.24) is 15.1 Å². The van der Waals surface area contributed by atoms with Crippen LogP contribution in [0.2, 0.25) is 0 Å². The van der Waals surface area contributed by atoms with Gasteiger partial charge < -0.3 is 10.4 Å². The SMILES string of the molecule is CC(C)(C)C(CNC(=O)O)n1nc2c(c1CBr)CCCC2. The van der Waals surface area contributed by atoms with Gasteiger partial charge in [-0.25, -0.2) is 4.79 Å². The van der Waals surface area contributed by atoms with Crippen LogP contribution in [0, 0.1) is 5.41 Å². The second-order valence-corrected chi connectivity index (χ2v) is 7.29. The summed E-state index contributed by atoms with van der Waals surface area (Å²) in [6, 6.07) is 0.00625. The number of carboxylic acid groups (broad SMARTS) is 1. The first-order valence-corrected chi connectivity index (χ1v) is 8.58. The lowest BCUT2D eigenvalue weighted by atomic mass is 9.86. The van der Waals surface area contributed by atoms with Crippen LogP contribution < -0.4 is 5.32 Å². The molecule has 0 spiro atoms.